The van der Waals surface area contributed by atoms with Gasteiger partial charge in [-0.05, 0) is 34.9 Å². The molecule has 0 aliphatic rings. The highest BCUT2D eigenvalue weighted by Gasteiger charge is 2.41. The Morgan fingerprint density at radius 3 is 1.66 bits per heavy atom. The fourth-order valence-corrected chi connectivity index (χ4v) is 4.73. The number of halogens is 2. The zero-order valence-electron chi connectivity index (χ0n) is 18.6. The van der Waals surface area contributed by atoms with Crippen LogP contribution in [0.15, 0.2) is 115 Å². The van der Waals surface area contributed by atoms with E-state index in [4.69, 9.17) is 16.7 Å². The topological polar surface area (TPSA) is 58.3 Å². The Morgan fingerprint density at radius 1 is 0.743 bits per heavy atom. The predicted molar refractivity (Wildman–Crippen MR) is 137 cm³/mol. The fraction of sp³-hybridized carbons (Fsp3) is 0.0357. The van der Waals surface area contributed by atoms with Gasteiger partial charge in [-0.3, -0.25) is 4.68 Å². The van der Waals surface area contributed by atoms with Crippen molar-refractivity contribution in [1.29, 1.82) is 0 Å². The van der Waals surface area contributed by atoms with Crippen LogP contribution in [0.1, 0.15) is 16.7 Å². The van der Waals surface area contributed by atoms with Gasteiger partial charge in [0, 0.05) is 22.2 Å². The molecular weight excluding hydrogens is 462 g/mol. The van der Waals surface area contributed by atoms with E-state index in [-0.39, 0.29) is 21.7 Å². The van der Waals surface area contributed by atoms with Crippen molar-refractivity contribution >= 4 is 24.2 Å². The van der Waals surface area contributed by atoms with E-state index in [2.05, 4.69) is 0 Å². The first-order chi connectivity index (χ1) is 17.0. The van der Waals surface area contributed by atoms with Gasteiger partial charge in [-0.1, -0.05) is 103 Å². The Bertz CT molecular complexity index is 1350. The molecule has 4 aromatic carbocycles. The Morgan fingerprint density at radius 2 is 1.23 bits per heavy atom. The minimum atomic E-state index is -1.87. The summed E-state index contributed by atoms with van der Waals surface area (Å²) in [5, 5.41) is 25.6. The number of hydrogen-bond acceptors (Lipinski definition) is 3. The number of benzene rings is 4. The zero-order chi connectivity index (χ0) is 24.4. The van der Waals surface area contributed by atoms with E-state index in [1.165, 1.54) is 12.1 Å². The summed E-state index contributed by atoms with van der Waals surface area (Å²) in [5.74, 6) is -0.602. The number of hydrogen-bond donors (Lipinski definition) is 2. The highest BCUT2D eigenvalue weighted by Crippen LogP contribution is 2.40. The minimum absolute atomic E-state index is 0.0818. The van der Waals surface area contributed by atoms with Crippen LogP contribution in [0.4, 0.5) is 4.39 Å². The quantitative estimate of drug-likeness (QED) is 0.268. The van der Waals surface area contributed by atoms with Crippen molar-refractivity contribution in [3.8, 4) is 11.3 Å². The molecule has 0 radical (unpaired) electrons. The van der Waals surface area contributed by atoms with Crippen LogP contribution in [0.25, 0.3) is 11.3 Å². The van der Waals surface area contributed by atoms with Crippen molar-refractivity contribution in [2.45, 2.75) is 5.54 Å². The van der Waals surface area contributed by atoms with Gasteiger partial charge < -0.3 is 10.0 Å². The maximum absolute atomic E-state index is 15.0. The van der Waals surface area contributed by atoms with E-state index in [9.17, 15) is 14.4 Å². The maximum atomic E-state index is 15.0. The SMILES string of the molecule is OB(O)c1cn(C(c2ccccc2)(c2ccccc2)c2ccccc2)nc1-c1ccc(Cl)cc1F. The smallest absolute Gasteiger partial charge is 0.423 e. The number of aromatic nitrogens is 2. The first-order valence-corrected chi connectivity index (χ1v) is 11.5. The van der Waals surface area contributed by atoms with E-state index < -0.39 is 18.5 Å². The Labute approximate surface area is 208 Å². The fourth-order valence-electron chi connectivity index (χ4n) is 4.57. The molecule has 1 aromatic heterocycles. The van der Waals surface area contributed by atoms with Crippen molar-refractivity contribution in [3.63, 3.8) is 0 Å². The molecule has 0 aliphatic heterocycles. The molecule has 2 N–H and O–H groups in total. The summed E-state index contributed by atoms with van der Waals surface area (Å²) in [6.07, 6.45) is 1.57. The molecule has 0 bridgehead atoms. The van der Waals surface area contributed by atoms with E-state index in [1.54, 1.807) is 16.9 Å². The molecule has 0 saturated carbocycles. The van der Waals surface area contributed by atoms with Crippen LogP contribution < -0.4 is 5.46 Å². The van der Waals surface area contributed by atoms with Gasteiger partial charge in [0.05, 0.1) is 5.69 Å². The van der Waals surface area contributed by atoms with Gasteiger partial charge in [0.25, 0.3) is 0 Å². The summed E-state index contributed by atoms with van der Waals surface area (Å²) in [6, 6.07) is 33.7. The molecule has 172 valence electrons. The summed E-state index contributed by atoms with van der Waals surface area (Å²) >= 11 is 5.96. The van der Waals surface area contributed by atoms with Crippen LogP contribution in [0.2, 0.25) is 5.02 Å². The highest BCUT2D eigenvalue weighted by molar-refractivity contribution is 6.60. The van der Waals surface area contributed by atoms with Gasteiger partial charge >= 0.3 is 7.12 Å². The average molecular weight is 483 g/mol. The molecule has 0 fully saturated rings. The first kappa shape index (κ1) is 23.1. The minimum Gasteiger partial charge on any atom is -0.423 e. The third-order valence-electron chi connectivity index (χ3n) is 6.13. The lowest BCUT2D eigenvalue weighted by molar-refractivity contribution is 0.425. The monoisotopic (exact) mass is 482 g/mol. The molecule has 7 heteroatoms. The lowest BCUT2D eigenvalue weighted by atomic mass is 9.76. The standard InChI is InChI=1S/C28H21BClFN2O2/c30-23-16-17-24(26(31)18-23)27-25(29(34)35)19-33(32-27)28(20-10-4-1-5-11-20,21-12-6-2-7-13-21)22-14-8-3-9-15-22/h1-19,34-35H. The van der Waals surface area contributed by atoms with E-state index in [1.807, 2.05) is 91.0 Å². The van der Waals surface area contributed by atoms with E-state index in [0.717, 1.165) is 16.7 Å². The molecule has 0 amide bonds. The molecule has 0 atom stereocenters. The second-order valence-electron chi connectivity index (χ2n) is 8.18. The van der Waals surface area contributed by atoms with Crippen LogP contribution in [-0.4, -0.2) is 26.9 Å². The van der Waals surface area contributed by atoms with Gasteiger partial charge in [0.15, 0.2) is 0 Å². The van der Waals surface area contributed by atoms with Crippen LogP contribution in [0.3, 0.4) is 0 Å². The van der Waals surface area contributed by atoms with E-state index in [0.29, 0.717) is 0 Å². The molecule has 5 aromatic rings. The Kier molecular flexibility index (Phi) is 6.26. The summed E-state index contributed by atoms with van der Waals surface area (Å²) in [7, 11) is -1.87. The third-order valence-corrected chi connectivity index (χ3v) is 6.36. The van der Waals surface area contributed by atoms with Crippen LogP contribution in [-0.2, 0) is 5.54 Å². The number of nitrogens with zero attached hydrogens (tertiary/aromatic N) is 2. The third kappa shape index (κ3) is 4.06. The van der Waals surface area contributed by atoms with Gasteiger partial charge in [0.2, 0.25) is 0 Å². The van der Waals surface area contributed by atoms with Gasteiger partial charge in [0.1, 0.15) is 11.4 Å². The summed E-state index contributed by atoms with van der Waals surface area (Å²) in [6.45, 7) is 0. The summed E-state index contributed by atoms with van der Waals surface area (Å²) in [5.41, 5.74) is 2.07. The zero-order valence-corrected chi connectivity index (χ0v) is 19.3. The second kappa shape index (κ2) is 9.51. The van der Waals surface area contributed by atoms with Gasteiger partial charge in [-0.25, -0.2) is 4.39 Å². The van der Waals surface area contributed by atoms with Crippen LogP contribution >= 0.6 is 11.6 Å². The molecule has 0 spiro atoms. The summed E-state index contributed by atoms with van der Waals surface area (Å²) < 4.78 is 16.6. The van der Waals surface area contributed by atoms with Gasteiger partial charge in [-0.2, -0.15) is 5.10 Å². The first-order valence-electron chi connectivity index (χ1n) is 11.1. The number of rotatable bonds is 6. The largest absolute Gasteiger partial charge is 0.492 e. The molecule has 0 saturated heterocycles. The van der Waals surface area contributed by atoms with Crippen molar-refractivity contribution in [1.82, 2.24) is 9.78 Å². The normalized spacial score (nSPS) is 11.4. The molecule has 0 aliphatic carbocycles. The lowest BCUT2D eigenvalue weighted by Gasteiger charge is -2.36. The molecule has 35 heavy (non-hydrogen) atoms. The van der Waals surface area contributed by atoms with E-state index >= 15 is 0 Å². The highest BCUT2D eigenvalue weighted by atomic mass is 35.5. The van der Waals surface area contributed by atoms with Gasteiger partial charge in [-0.15, -0.1) is 0 Å². The lowest BCUT2D eigenvalue weighted by Crippen LogP contribution is -2.39. The average Bonchev–Trinajstić information content (AvgIpc) is 3.32. The maximum Gasteiger partial charge on any atom is 0.492 e. The Hall–Kier alpha value is -3.71. The predicted octanol–water partition coefficient (Wildman–Crippen LogP) is 4.86. The second-order valence-corrected chi connectivity index (χ2v) is 8.62. The van der Waals surface area contributed by atoms with Crippen molar-refractivity contribution in [3.05, 3.63) is 143 Å². The van der Waals surface area contributed by atoms with Crippen LogP contribution in [0.5, 0.6) is 0 Å². The molecule has 5 rings (SSSR count). The van der Waals surface area contributed by atoms with Crippen LogP contribution in [0, 0.1) is 5.82 Å². The molecular formula is C28H21BClFN2O2. The van der Waals surface area contributed by atoms with Crippen molar-refractivity contribution in [2.75, 3.05) is 0 Å². The van der Waals surface area contributed by atoms with Crippen molar-refractivity contribution < 1.29 is 14.4 Å². The molecule has 1 heterocycles. The Balaban J connectivity index is 1.88. The molecule has 4 nitrogen and oxygen atoms in total. The summed E-state index contributed by atoms with van der Waals surface area (Å²) in [4.78, 5) is 0. The van der Waals surface area contributed by atoms with Crippen molar-refractivity contribution in [2.24, 2.45) is 0 Å². The molecule has 0 unspecified atom stereocenters.